The molecule has 3 nitrogen and oxygen atoms in total. The van der Waals surface area contributed by atoms with Gasteiger partial charge < -0.3 is 14.5 Å². The van der Waals surface area contributed by atoms with Crippen molar-refractivity contribution in [3.8, 4) is 0 Å². The van der Waals surface area contributed by atoms with Gasteiger partial charge in [-0.2, -0.15) is 0 Å². The molecule has 1 aliphatic rings. The van der Waals surface area contributed by atoms with Crippen LogP contribution in [0.3, 0.4) is 0 Å². The van der Waals surface area contributed by atoms with E-state index < -0.39 is 0 Å². The van der Waals surface area contributed by atoms with Gasteiger partial charge >= 0.3 is 0 Å². The lowest BCUT2D eigenvalue weighted by Gasteiger charge is -2.12. The summed E-state index contributed by atoms with van der Waals surface area (Å²) in [6.45, 7) is 7.11. The molecule has 1 aromatic rings. The number of nitrogens with one attached hydrogen (secondary N) is 1. The SMILES string of the molecule is CCCNCc1ccc(CSC2CCOC2C)o1. The molecule has 1 aliphatic heterocycles. The number of rotatable bonds is 7. The monoisotopic (exact) mass is 269 g/mol. The first kappa shape index (κ1) is 14.0. The van der Waals surface area contributed by atoms with Crippen LogP contribution < -0.4 is 5.32 Å². The van der Waals surface area contributed by atoms with Gasteiger partial charge in [-0.05, 0) is 38.4 Å². The average Bonchev–Trinajstić information content (AvgIpc) is 2.96. The van der Waals surface area contributed by atoms with E-state index in [2.05, 4.69) is 31.3 Å². The maximum atomic E-state index is 5.80. The minimum Gasteiger partial charge on any atom is -0.464 e. The molecule has 2 rings (SSSR count). The first-order valence-corrected chi connectivity index (χ1v) is 7.86. The van der Waals surface area contributed by atoms with Crippen LogP contribution in [0.1, 0.15) is 38.2 Å². The lowest BCUT2D eigenvalue weighted by Crippen LogP contribution is -2.13. The van der Waals surface area contributed by atoms with Crippen LogP contribution in [0.25, 0.3) is 0 Å². The summed E-state index contributed by atoms with van der Waals surface area (Å²) in [5, 5.41) is 3.97. The maximum Gasteiger partial charge on any atom is 0.117 e. The Hall–Kier alpha value is -0.450. The molecule has 1 aromatic heterocycles. The highest BCUT2D eigenvalue weighted by atomic mass is 32.2. The van der Waals surface area contributed by atoms with Crippen LogP contribution in [0.5, 0.6) is 0 Å². The van der Waals surface area contributed by atoms with Gasteiger partial charge in [0.2, 0.25) is 0 Å². The predicted molar refractivity (Wildman–Crippen MR) is 75.8 cm³/mol. The molecule has 0 saturated carbocycles. The molecule has 2 heterocycles. The fraction of sp³-hybridized carbons (Fsp3) is 0.714. The van der Waals surface area contributed by atoms with Crippen molar-refractivity contribution < 1.29 is 9.15 Å². The third kappa shape index (κ3) is 4.04. The summed E-state index contributed by atoms with van der Waals surface area (Å²) in [7, 11) is 0. The minimum atomic E-state index is 0.385. The smallest absolute Gasteiger partial charge is 0.117 e. The second-order valence-corrected chi connectivity index (χ2v) is 5.99. The second-order valence-electron chi connectivity index (χ2n) is 4.76. The van der Waals surface area contributed by atoms with Gasteiger partial charge in [0.15, 0.2) is 0 Å². The first-order valence-electron chi connectivity index (χ1n) is 6.81. The zero-order valence-electron chi connectivity index (χ0n) is 11.3. The highest BCUT2D eigenvalue weighted by Crippen LogP contribution is 2.29. The van der Waals surface area contributed by atoms with E-state index in [1.54, 1.807) is 0 Å². The molecule has 1 N–H and O–H groups in total. The van der Waals surface area contributed by atoms with Crippen molar-refractivity contribution in [1.82, 2.24) is 5.32 Å². The maximum absolute atomic E-state index is 5.80. The average molecular weight is 269 g/mol. The van der Waals surface area contributed by atoms with Gasteiger partial charge in [0.25, 0.3) is 0 Å². The summed E-state index contributed by atoms with van der Waals surface area (Å²) in [5.41, 5.74) is 0. The van der Waals surface area contributed by atoms with E-state index in [1.807, 2.05) is 11.8 Å². The summed E-state index contributed by atoms with van der Waals surface area (Å²) >= 11 is 1.95. The lowest BCUT2D eigenvalue weighted by molar-refractivity contribution is 0.127. The van der Waals surface area contributed by atoms with Gasteiger partial charge in [-0.1, -0.05) is 6.92 Å². The zero-order chi connectivity index (χ0) is 12.8. The van der Waals surface area contributed by atoms with Gasteiger partial charge in [-0.15, -0.1) is 11.8 Å². The molecular weight excluding hydrogens is 246 g/mol. The van der Waals surface area contributed by atoms with Crippen LogP contribution in [0.15, 0.2) is 16.5 Å². The predicted octanol–water partition coefficient (Wildman–Crippen LogP) is 3.19. The molecule has 2 atom stereocenters. The molecule has 0 aromatic carbocycles. The molecule has 0 radical (unpaired) electrons. The normalized spacial score (nSPS) is 23.7. The van der Waals surface area contributed by atoms with E-state index in [0.717, 1.165) is 49.8 Å². The van der Waals surface area contributed by atoms with Crippen LogP contribution in [0.2, 0.25) is 0 Å². The van der Waals surface area contributed by atoms with E-state index in [-0.39, 0.29) is 0 Å². The molecule has 4 heteroatoms. The summed E-state index contributed by atoms with van der Waals surface area (Å²) < 4.78 is 11.4. The quantitative estimate of drug-likeness (QED) is 0.771. The molecule has 0 bridgehead atoms. The Balaban J connectivity index is 1.72. The first-order chi connectivity index (χ1) is 8.79. The Bertz CT molecular complexity index is 353. The van der Waals surface area contributed by atoms with E-state index in [1.165, 1.54) is 0 Å². The molecule has 1 saturated heterocycles. The molecule has 2 unspecified atom stereocenters. The Labute approximate surface area is 114 Å². The van der Waals surface area contributed by atoms with E-state index in [9.17, 15) is 0 Å². The van der Waals surface area contributed by atoms with Crippen LogP contribution in [-0.2, 0) is 17.0 Å². The molecule has 0 spiro atoms. The van der Waals surface area contributed by atoms with Crippen molar-refractivity contribution >= 4 is 11.8 Å². The van der Waals surface area contributed by atoms with Crippen molar-refractivity contribution in [3.63, 3.8) is 0 Å². The van der Waals surface area contributed by atoms with Gasteiger partial charge in [0, 0.05) is 11.9 Å². The van der Waals surface area contributed by atoms with Crippen molar-refractivity contribution in [2.75, 3.05) is 13.2 Å². The molecule has 0 aliphatic carbocycles. The summed E-state index contributed by atoms with van der Waals surface area (Å²) in [4.78, 5) is 0. The van der Waals surface area contributed by atoms with E-state index >= 15 is 0 Å². The van der Waals surface area contributed by atoms with Crippen LogP contribution in [0.4, 0.5) is 0 Å². The number of hydrogen-bond acceptors (Lipinski definition) is 4. The molecular formula is C14H23NO2S. The van der Waals surface area contributed by atoms with Crippen LogP contribution >= 0.6 is 11.8 Å². The minimum absolute atomic E-state index is 0.385. The summed E-state index contributed by atoms with van der Waals surface area (Å²) in [5.74, 6) is 3.06. The lowest BCUT2D eigenvalue weighted by atomic mass is 10.3. The van der Waals surface area contributed by atoms with Gasteiger partial charge in [0.05, 0.1) is 18.4 Å². The Kier molecular flexibility index (Phi) is 5.60. The van der Waals surface area contributed by atoms with E-state index in [0.29, 0.717) is 11.4 Å². The topological polar surface area (TPSA) is 34.4 Å². The number of furan rings is 1. The fourth-order valence-corrected chi connectivity index (χ4v) is 3.25. The van der Waals surface area contributed by atoms with E-state index in [4.69, 9.17) is 9.15 Å². The molecule has 18 heavy (non-hydrogen) atoms. The van der Waals surface area contributed by atoms with Gasteiger partial charge in [-0.25, -0.2) is 0 Å². The van der Waals surface area contributed by atoms with Crippen molar-refractivity contribution in [3.05, 3.63) is 23.7 Å². The fourth-order valence-electron chi connectivity index (χ4n) is 2.10. The largest absolute Gasteiger partial charge is 0.464 e. The van der Waals surface area contributed by atoms with Crippen molar-refractivity contribution in [2.45, 2.75) is 50.3 Å². The Morgan fingerprint density at radius 1 is 1.39 bits per heavy atom. The summed E-state index contributed by atoms with van der Waals surface area (Å²) in [6.07, 6.45) is 2.70. The number of hydrogen-bond donors (Lipinski definition) is 1. The van der Waals surface area contributed by atoms with Crippen LogP contribution in [-0.4, -0.2) is 24.5 Å². The Morgan fingerprint density at radius 2 is 2.22 bits per heavy atom. The number of thioether (sulfide) groups is 1. The van der Waals surface area contributed by atoms with Crippen molar-refractivity contribution in [2.24, 2.45) is 0 Å². The third-order valence-corrected chi connectivity index (χ3v) is 4.69. The molecule has 1 fully saturated rings. The summed E-state index contributed by atoms with van der Waals surface area (Å²) in [6, 6.07) is 4.17. The third-order valence-electron chi connectivity index (χ3n) is 3.19. The van der Waals surface area contributed by atoms with Gasteiger partial charge in [-0.3, -0.25) is 0 Å². The standard InChI is InChI=1S/C14H23NO2S/c1-3-7-15-9-12-4-5-13(17-12)10-18-14-6-8-16-11(14)2/h4-5,11,14-15H,3,6-10H2,1-2H3. The highest BCUT2D eigenvalue weighted by Gasteiger charge is 2.24. The second kappa shape index (κ2) is 7.22. The van der Waals surface area contributed by atoms with Crippen molar-refractivity contribution in [1.29, 1.82) is 0 Å². The molecule has 102 valence electrons. The Morgan fingerprint density at radius 3 is 2.94 bits per heavy atom. The number of ether oxygens (including phenoxy) is 1. The van der Waals surface area contributed by atoms with Gasteiger partial charge in [0.1, 0.15) is 11.5 Å². The zero-order valence-corrected chi connectivity index (χ0v) is 12.1. The molecule has 0 amide bonds. The highest BCUT2D eigenvalue weighted by molar-refractivity contribution is 7.99. The van der Waals surface area contributed by atoms with Crippen LogP contribution in [0, 0.1) is 0 Å².